The van der Waals surface area contributed by atoms with Crippen molar-refractivity contribution in [2.45, 2.75) is 51.0 Å². The normalized spacial score (nSPS) is 22.0. The van der Waals surface area contributed by atoms with Crippen LogP contribution in [-0.2, 0) is 20.6 Å². The average Bonchev–Trinajstić information content (AvgIpc) is 3.59. The first-order valence-corrected chi connectivity index (χ1v) is 13.6. The van der Waals surface area contributed by atoms with Crippen molar-refractivity contribution < 1.29 is 19.8 Å². The lowest BCUT2D eigenvalue weighted by Crippen LogP contribution is -2.22. The standard InChI is InChI=1S/C33H30ClNO4/c1-18-7-8-22(14-24(18)30(36)37)27-17-33(27)26-15-25(28(34)16-29(26)35-31(33)38)20-11-9-19(10-12-20)21-5-4-6-23(13-21)32(2,3)39/h4-6,9-16,27,39H,7-8,17H2,1-3H3,(H,35,38)(H,36,37). The van der Waals surface area contributed by atoms with E-state index in [1.54, 1.807) is 19.9 Å². The molecule has 6 rings (SSSR count). The van der Waals surface area contributed by atoms with Crippen LogP contribution in [0.1, 0.15) is 51.2 Å². The van der Waals surface area contributed by atoms with E-state index in [0.717, 1.165) is 56.6 Å². The zero-order chi connectivity index (χ0) is 27.7. The topological polar surface area (TPSA) is 86.6 Å². The van der Waals surface area contributed by atoms with Crippen LogP contribution in [0.3, 0.4) is 0 Å². The second-order valence-corrected chi connectivity index (χ2v) is 11.9. The molecule has 0 aromatic heterocycles. The number of amides is 1. The number of fused-ring (bicyclic) bond motifs is 2. The van der Waals surface area contributed by atoms with Gasteiger partial charge in [0.25, 0.3) is 0 Å². The Hall–Kier alpha value is -3.67. The number of anilines is 1. The molecule has 2 aliphatic carbocycles. The molecule has 39 heavy (non-hydrogen) atoms. The van der Waals surface area contributed by atoms with Gasteiger partial charge in [0.05, 0.1) is 21.6 Å². The number of nitrogens with one attached hydrogen (secondary N) is 1. The Morgan fingerprint density at radius 1 is 1.03 bits per heavy atom. The molecule has 0 saturated heterocycles. The van der Waals surface area contributed by atoms with Crippen molar-refractivity contribution in [3.8, 4) is 22.3 Å². The summed E-state index contributed by atoms with van der Waals surface area (Å²) in [7, 11) is 0. The number of rotatable bonds is 5. The van der Waals surface area contributed by atoms with E-state index in [1.165, 1.54) is 0 Å². The highest BCUT2D eigenvalue weighted by Crippen LogP contribution is 2.64. The smallest absolute Gasteiger partial charge is 0.335 e. The van der Waals surface area contributed by atoms with E-state index in [-0.39, 0.29) is 11.8 Å². The molecule has 6 heteroatoms. The molecule has 1 aliphatic heterocycles. The fraction of sp³-hybridized carbons (Fsp3) is 0.273. The number of aliphatic hydroxyl groups is 1. The molecule has 5 nitrogen and oxygen atoms in total. The van der Waals surface area contributed by atoms with Crippen LogP contribution >= 0.6 is 11.6 Å². The summed E-state index contributed by atoms with van der Waals surface area (Å²) in [5.41, 5.74) is 7.02. The van der Waals surface area contributed by atoms with E-state index in [4.69, 9.17) is 11.6 Å². The van der Waals surface area contributed by atoms with Gasteiger partial charge in [0.2, 0.25) is 5.91 Å². The van der Waals surface area contributed by atoms with Gasteiger partial charge in [-0.25, -0.2) is 4.79 Å². The van der Waals surface area contributed by atoms with Gasteiger partial charge in [-0.1, -0.05) is 65.2 Å². The fourth-order valence-corrected chi connectivity index (χ4v) is 6.44. The third kappa shape index (κ3) is 4.21. The molecule has 3 aromatic rings. The lowest BCUT2D eigenvalue weighted by atomic mass is 9.85. The number of hydrogen-bond donors (Lipinski definition) is 3. The average molecular weight is 540 g/mol. The third-order valence-electron chi connectivity index (χ3n) is 8.56. The molecule has 1 amide bonds. The van der Waals surface area contributed by atoms with Gasteiger partial charge < -0.3 is 15.5 Å². The van der Waals surface area contributed by atoms with Crippen molar-refractivity contribution in [3.05, 3.63) is 99.6 Å². The third-order valence-corrected chi connectivity index (χ3v) is 8.87. The maximum absolute atomic E-state index is 13.3. The summed E-state index contributed by atoms with van der Waals surface area (Å²) in [5, 5.41) is 23.6. The molecule has 1 fully saturated rings. The molecule has 3 aromatic carbocycles. The van der Waals surface area contributed by atoms with Gasteiger partial charge >= 0.3 is 5.97 Å². The molecule has 0 bridgehead atoms. The summed E-state index contributed by atoms with van der Waals surface area (Å²) in [6.07, 6.45) is 3.93. The zero-order valence-electron chi connectivity index (χ0n) is 22.1. The molecule has 1 saturated carbocycles. The largest absolute Gasteiger partial charge is 0.478 e. The lowest BCUT2D eigenvalue weighted by Gasteiger charge is -2.19. The second kappa shape index (κ2) is 8.94. The number of aliphatic carboxylic acids is 1. The van der Waals surface area contributed by atoms with Crippen LogP contribution < -0.4 is 5.32 Å². The summed E-state index contributed by atoms with van der Waals surface area (Å²) in [5.74, 6) is -0.970. The van der Waals surface area contributed by atoms with Gasteiger partial charge in [0.1, 0.15) is 0 Å². The van der Waals surface area contributed by atoms with Gasteiger partial charge in [0, 0.05) is 17.2 Å². The van der Waals surface area contributed by atoms with Crippen LogP contribution in [0.4, 0.5) is 5.69 Å². The number of carbonyl (C=O) groups is 2. The first kappa shape index (κ1) is 25.6. The molecule has 3 aliphatic rings. The van der Waals surface area contributed by atoms with Gasteiger partial charge in [-0.2, -0.15) is 0 Å². The Labute approximate surface area is 232 Å². The Balaban J connectivity index is 1.34. The number of carboxylic acid groups (broad SMARTS) is 1. The minimum atomic E-state index is -0.923. The van der Waals surface area contributed by atoms with Crippen LogP contribution in [0.2, 0.25) is 5.02 Å². The monoisotopic (exact) mass is 539 g/mol. The summed E-state index contributed by atoms with van der Waals surface area (Å²) in [4.78, 5) is 25.0. The van der Waals surface area contributed by atoms with Gasteiger partial charge in [-0.15, -0.1) is 0 Å². The van der Waals surface area contributed by atoms with E-state index in [9.17, 15) is 19.8 Å². The first-order chi connectivity index (χ1) is 18.5. The van der Waals surface area contributed by atoms with Crippen molar-refractivity contribution in [3.63, 3.8) is 0 Å². The molecular weight excluding hydrogens is 510 g/mol. The van der Waals surface area contributed by atoms with E-state index in [0.29, 0.717) is 23.4 Å². The minimum absolute atomic E-state index is 0.0133. The Morgan fingerprint density at radius 3 is 2.44 bits per heavy atom. The molecule has 1 spiro atoms. The maximum atomic E-state index is 13.3. The van der Waals surface area contributed by atoms with Crippen LogP contribution in [-0.4, -0.2) is 22.1 Å². The summed E-state index contributed by atoms with van der Waals surface area (Å²) >= 11 is 6.72. The highest BCUT2D eigenvalue weighted by Gasteiger charge is 2.65. The summed E-state index contributed by atoms with van der Waals surface area (Å²) < 4.78 is 0. The Morgan fingerprint density at radius 2 is 1.74 bits per heavy atom. The number of hydrogen-bond acceptors (Lipinski definition) is 3. The van der Waals surface area contributed by atoms with Gasteiger partial charge in [-0.05, 0) is 92.1 Å². The Bertz CT molecular complexity index is 1610. The second-order valence-electron chi connectivity index (χ2n) is 11.5. The first-order valence-electron chi connectivity index (χ1n) is 13.2. The van der Waals surface area contributed by atoms with Gasteiger partial charge in [0.15, 0.2) is 0 Å². The van der Waals surface area contributed by atoms with Gasteiger partial charge in [-0.3, -0.25) is 4.79 Å². The van der Waals surface area contributed by atoms with Crippen LogP contribution in [0.15, 0.2) is 83.5 Å². The molecule has 1 heterocycles. The van der Waals surface area contributed by atoms with Crippen LogP contribution in [0.5, 0.6) is 0 Å². The van der Waals surface area contributed by atoms with Crippen molar-refractivity contribution in [1.82, 2.24) is 0 Å². The molecule has 2 unspecified atom stereocenters. The van der Waals surface area contributed by atoms with E-state index in [2.05, 4.69) is 5.32 Å². The molecule has 2 atom stereocenters. The van der Waals surface area contributed by atoms with Crippen molar-refractivity contribution in [2.75, 3.05) is 5.32 Å². The highest BCUT2D eigenvalue weighted by molar-refractivity contribution is 6.34. The molecular formula is C33H30ClNO4. The molecule has 0 radical (unpaired) electrons. The molecule has 3 N–H and O–H groups in total. The zero-order valence-corrected chi connectivity index (χ0v) is 22.9. The minimum Gasteiger partial charge on any atom is -0.478 e. The van der Waals surface area contributed by atoms with E-state index >= 15 is 0 Å². The van der Waals surface area contributed by atoms with E-state index < -0.39 is 17.0 Å². The number of carbonyl (C=O) groups excluding carboxylic acids is 1. The predicted molar refractivity (Wildman–Crippen MR) is 154 cm³/mol. The number of allylic oxidation sites excluding steroid dienone is 2. The van der Waals surface area contributed by atoms with Crippen molar-refractivity contribution in [2.24, 2.45) is 5.92 Å². The fourth-order valence-electron chi connectivity index (χ4n) is 6.17. The Kier molecular flexibility index (Phi) is 5.87. The summed E-state index contributed by atoms with van der Waals surface area (Å²) in [6.45, 7) is 5.41. The van der Waals surface area contributed by atoms with Crippen molar-refractivity contribution >= 4 is 29.2 Å². The van der Waals surface area contributed by atoms with E-state index in [1.807, 2.05) is 67.6 Å². The number of benzene rings is 3. The highest BCUT2D eigenvalue weighted by atomic mass is 35.5. The predicted octanol–water partition coefficient (Wildman–Crippen LogP) is 7.23. The lowest BCUT2D eigenvalue weighted by molar-refractivity contribution is -0.132. The quantitative estimate of drug-likeness (QED) is 0.319. The summed E-state index contributed by atoms with van der Waals surface area (Å²) in [6, 6.07) is 19.9. The van der Waals surface area contributed by atoms with Crippen LogP contribution in [0.25, 0.3) is 22.3 Å². The van der Waals surface area contributed by atoms with Crippen molar-refractivity contribution in [1.29, 1.82) is 0 Å². The maximum Gasteiger partial charge on any atom is 0.335 e. The number of halogens is 1. The number of carboxylic acids is 1. The SMILES string of the molecule is CC1=C(C(=O)O)C=C(C2CC23C(=O)Nc2cc(Cl)c(-c4ccc(-c5cccc(C(C)(C)O)c5)cc4)cc23)CC1. The molecule has 198 valence electrons. The van der Waals surface area contributed by atoms with Crippen LogP contribution in [0, 0.1) is 5.92 Å².